The van der Waals surface area contributed by atoms with Crippen LogP contribution < -0.4 is 9.62 Å². The molecule has 0 bridgehead atoms. The van der Waals surface area contributed by atoms with Crippen LogP contribution in [0.15, 0.2) is 45.8 Å². The number of rotatable bonds is 3. The van der Waals surface area contributed by atoms with Crippen molar-refractivity contribution in [2.45, 2.75) is 56.5 Å². The van der Waals surface area contributed by atoms with Crippen molar-refractivity contribution >= 4 is 37.5 Å². The molecular formula is C21H23BrN2O3S. The third kappa shape index (κ3) is 3.40. The van der Waals surface area contributed by atoms with Crippen molar-refractivity contribution in [3.63, 3.8) is 0 Å². The normalized spacial score (nSPS) is 21.3. The summed E-state index contributed by atoms with van der Waals surface area (Å²) in [4.78, 5) is 13.9. The Balaban J connectivity index is 1.71. The Morgan fingerprint density at radius 2 is 1.96 bits per heavy atom. The van der Waals surface area contributed by atoms with E-state index in [1.54, 1.807) is 11.0 Å². The fraction of sp³-hybridized carbons (Fsp3) is 0.381. The van der Waals surface area contributed by atoms with E-state index in [-0.39, 0.29) is 22.9 Å². The molecule has 1 N–H and O–H groups in total. The third-order valence-corrected chi connectivity index (χ3v) is 8.07. The number of halogens is 1. The predicted molar refractivity (Wildman–Crippen MR) is 113 cm³/mol. The summed E-state index contributed by atoms with van der Waals surface area (Å²) in [5.74, 6) is -0.0777. The molecule has 1 amide bonds. The molecule has 2 aromatic rings. The number of nitrogens with zero attached hydrogens (tertiary/aromatic N) is 1. The minimum absolute atomic E-state index is 0.0236. The number of aryl methyl sites for hydroxylation is 1. The fourth-order valence-corrected chi connectivity index (χ4v) is 6.79. The van der Waals surface area contributed by atoms with Crippen LogP contribution in [0.5, 0.6) is 0 Å². The zero-order chi connectivity index (χ0) is 20.1. The standard InChI is InChI=1S/C21H23BrN2O3S/c1-13-10-16-11-18(22)21(12-20(16)24(13)14(2)25)28(26,27)23-19-9-5-7-15-6-3-4-8-17(15)19/h3-4,6,8,11-13,19,23H,5,7,9-10H2,1-2H3/t13-,19+/m0/s1. The number of sulfonamides is 1. The lowest BCUT2D eigenvalue weighted by Gasteiger charge is -2.26. The van der Waals surface area contributed by atoms with Crippen molar-refractivity contribution in [3.8, 4) is 0 Å². The van der Waals surface area contributed by atoms with E-state index in [1.165, 1.54) is 12.5 Å². The lowest BCUT2D eigenvalue weighted by molar-refractivity contribution is -0.116. The Bertz CT molecular complexity index is 1050. The van der Waals surface area contributed by atoms with Crippen LogP contribution in [-0.4, -0.2) is 20.4 Å². The summed E-state index contributed by atoms with van der Waals surface area (Å²) in [7, 11) is -3.76. The molecular weight excluding hydrogens is 440 g/mol. The van der Waals surface area contributed by atoms with Gasteiger partial charge >= 0.3 is 0 Å². The van der Waals surface area contributed by atoms with Gasteiger partial charge in [-0.15, -0.1) is 0 Å². The van der Waals surface area contributed by atoms with Crippen LogP contribution >= 0.6 is 15.9 Å². The summed E-state index contributed by atoms with van der Waals surface area (Å²) in [6, 6.07) is 11.2. The molecule has 5 nitrogen and oxygen atoms in total. The second-order valence-electron chi connectivity index (χ2n) is 7.62. The molecule has 0 saturated heterocycles. The highest BCUT2D eigenvalue weighted by Crippen LogP contribution is 2.39. The fourth-order valence-electron chi connectivity index (χ4n) is 4.43. The summed E-state index contributed by atoms with van der Waals surface area (Å²) in [5, 5.41) is 0. The molecule has 0 saturated carbocycles. The molecule has 0 fully saturated rings. The predicted octanol–water partition coefficient (Wildman–Crippen LogP) is 4.10. The molecule has 2 atom stereocenters. The van der Waals surface area contributed by atoms with Crippen molar-refractivity contribution in [1.82, 2.24) is 4.72 Å². The summed E-state index contributed by atoms with van der Waals surface area (Å²) in [6.07, 6.45) is 3.42. The van der Waals surface area contributed by atoms with Crippen LogP contribution in [0.4, 0.5) is 5.69 Å². The van der Waals surface area contributed by atoms with Gasteiger partial charge in [0.1, 0.15) is 0 Å². The van der Waals surface area contributed by atoms with Gasteiger partial charge in [0, 0.05) is 29.2 Å². The molecule has 0 radical (unpaired) electrons. The largest absolute Gasteiger partial charge is 0.309 e. The van der Waals surface area contributed by atoms with Gasteiger partial charge in [-0.1, -0.05) is 24.3 Å². The van der Waals surface area contributed by atoms with Gasteiger partial charge in [0.25, 0.3) is 0 Å². The number of carbonyl (C=O) groups is 1. The van der Waals surface area contributed by atoms with E-state index in [1.807, 2.05) is 31.2 Å². The third-order valence-electron chi connectivity index (χ3n) is 5.64. The van der Waals surface area contributed by atoms with Gasteiger partial charge in [0.15, 0.2) is 0 Å². The zero-order valence-corrected chi connectivity index (χ0v) is 18.3. The summed E-state index contributed by atoms with van der Waals surface area (Å²) >= 11 is 3.44. The first kappa shape index (κ1) is 19.6. The summed E-state index contributed by atoms with van der Waals surface area (Å²) < 4.78 is 29.9. The second kappa shape index (κ2) is 7.28. The Kier molecular flexibility index (Phi) is 5.10. The zero-order valence-electron chi connectivity index (χ0n) is 15.9. The number of hydrogen-bond acceptors (Lipinski definition) is 3. The van der Waals surface area contributed by atoms with Crippen molar-refractivity contribution in [2.75, 3.05) is 4.90 Å². The first-order valence-electron chi connectivity index (χ1n) is 9.50. The number of amides is 1. The number of benzene rings is 2. The molecule has 4 rings (SSSR count). The van der Waals surface area contributed by atoms with Gasteiger partial charge in [-0.05, 0) is 77.4 Å². The highest BCUT2D eigenvalue weighted by atomic mass is 79.9. The van der Waals surface area contributed by atoms with Crippen LogP contribution in [-0.2, 0) is 27.7 Å². The quantitative estimate of drug-likeness (QED) is 0.746. The molecule has 2 aliphatic rings. The second-order valence-corrected chi connectivity index (χ2v) is 10.2. The smallest absolute Gasteiger partial charge is 0.242 e. The average molecular weight is 463 g/mol. The maximum Gasteiger partial charge on any atom is 0.242 e. The molecule has 0 aromatic heterocycles. The highest BCUT2D eigenvalue weighted by molar-refractivity contribution is 9.10. The number of hydrogen-bond donors (Lipinski definition) is 1. The van der Waals surface area contributed by atoms with E-state index in [2.05, 4.69) is 26.7 Å². The van der Waals surface area contributed by atoms with Crippen LogP contribution in [0.25, 0.3) is 0 Å². The van der Waals surface area contributed by atoms with Gasteiger partial charge in [-0.25, -0.2) is 13.1 Å². The maximum atomic E-state index is 13.2. The Labute approximate surface area is 174 Å². The van der Waals surface area contributed by atoms with E-state index in [9.17, 15) is 13.2 Å². The molecule has 28 heavy (non-hydrogen) atoms. The Hall–Kier alpha value is -1.70. The Morgan fingerprint density at radius 3 is 2.71 bits per heavy atom. The van der Waals surface area contributed by atoms with Gasteiger partial charge in [-0.2, -0.15) is 0 Å². The van der Waals surface area contributed by atoms with Crippen molar-refractivity contribution in [1.29, 1.82) is 0 Å². The number of fused-ring (bicyclic) bond motifs is 2. The topological polar surface area (TPSA) is 66.5 Å². The van der Waals surface area contributed by atoms with E-state index in [0.717, 1.165) is 36.8 Å². The summed E-state index contributed by atoms with van der Waals surface area (Å²) in [5.41, 5.74) is 3.92. The number of nitrogens with one attached hydrogen (secondary N) is 1. The molecule has 0 spiro atoms. The molecule has 7 heteroatoms. The van der Waals surface area contributed by atoms with Gasteiger partial charge in [0.05, 0.1) is 4.90 Å². The first-order chi connectivity index (χ1) is 13.3. The lowest BCUT2D eigenvalue weighted by atomic mass is 9.88. The van der Waals surface area contributed by atoms with Crippen LogP contribution in [0.1, 0.15) is 49.4 Å². The van der Waals surface area contributed by atoms with Crippen LogP contribution in [0.3, 0.4) is 0 Å². The first-order valence-corrected chi connectivity index (χ1v) is 11.8. The molecule has 148 valence electrons. The van der Waals surface area contributed by atoms with Crippen LogP contribution in [0, 0.1) is 0 Å². The maximum absolute atomic E-state index is 13.2. The van der Waals surface area contributed by atoms with E-state index in [0.29, 0.717) is 10.2 Å². The number of anilines is 1. The monoisotopic (exact) mass is 462 g/mol. The van der Waals surface area contributed by atoms with E-state index >= 15 is 0 Å². The average Bonchev–Trinajstić information content (AvgIpc) is 2.95. The van der Waals surface area contributed by atoms with Crippen molar-refractivity contribution in [2.24, 2.45) is 0 Å². The van der Waals surface area contributed by atoms with Gasteiger partial charge < -0.3 is 4.90 Å². The summed E-state index contributed by atoms with van der Waals surface area (Å²) in [6.45, 7) is 3.49. The van der Waals surface area contributed by atoms with Crippen molar-refractivity contribution in [3.05, 3.63) is 57.6 Å². The minimum Gasteiger partial charge on any atom is -0.309 e. The van der Waals surface area contributed by atoms with Crippen molar-refractivity contribution < 1.29 is 13.2 Å². The molecule has 1 heterocycles. The molecule has 2 aromatic carbocycles. The number of carbonyl (C=O) groups excluding carboxylic acids is 1. The molecule has 1 aliphatic heterocycles. The van der Waals surface area contributed by atoms with E-state index < -0.39 is 10.0 Å². The molecule has 0 unspecified atom stereocenters. The van der Waals surface area contributed by atoms with Crippen LogP contribution in [0.2, 0.25) is 0 Å². The Morgan fingerprint density at radius 1 is 1.21 bits per heavy atom. The highest BCUT2D eigenvalue weighted by Gasteiger charge is 2.33. The van der Waals surface area contributed by atoms with Gasteiger partial charge in [0.2, 0.25) is 15.9 Å². The lowest BCUT2D eigenvalue weighted by Crippen LogP contribution is -2.34. The van der Waals surface area contributed by atoms with Gasteiger partial charge in [-0.3, -0.25) is 4.79 Å². The molecule has 1 aliphatic carbocycles. The minimum atomic E-state index is -3.76. The van der Waals surface area contributed by atoms with E-state index in [4.69, 9.17) is 0 Å². The SMILES string of the molecule is CC(=O)N1c2cc(S(=O)(=O)N[C@@H]3CCCc4ccccc43)c(Br)cc2C[C@@H]1C.